The molecule has 0 aliphatic heterocycles. The average Bonchev–Trinajstić information content (AvgIpc) is 2.74. The van der Waals surface area contributed by atoms with Crippen molar-refractivity contribution in [3.8, 4) is 5.75 Å². The number of hydrogen-bond donors (Lipinski definition) is 1. The Bertz CT molecular complexity index is 951. The van der Waals surface area contributed by atoms with Gasteiger partial charge in [0.05, 0.1) is 5.56 Å². The monoisotopic (exact) mass is 445 g/mol. The Kier molecular flexibility index (Phi) is 8.29. The smallest absolute Gasteiger partial charge is 0.255 e. The Labute approximate surface area is 185 Å². The van der Waals surface area contributed by atoms with Gasteiger partial charge in [0.25, 0.3) is 5.91 Å². The van der Waals surface area contributed by atoms with Crippen LogP contribution in [0, 0.1) is 0 Å². The summed E-state index contributed by atoms with van der Waals surface area (Å²) in [5.74, 6) is 1.98. The number of benzene rings is 3. The molecule has 150 valence electrons. The van der Waals surface area contributed by atoms with Crippen molar-refractivity contribution in [2.75, 3.05) is 12.3 Å². The molecule has 3 nitrogen and oxygen atoms in total. The number of amides is 1. The fraction of sp³-hybridized carbons (Fsp3) is 0.174. The van der Waals surface area contributed by atoms with Crippen molar-refractivity contribution in [3.05, 3.63) is 99.5 Å². The molecule has 1 N–H and O–H groups in total. The maximum absolute atomic E-state index is 12.6. The van der Waals surface area contributed by atoms with Gasteiger partial charge in [-0.25, -0.2) is 0 Å². The molecule has 0 spiro atoms. The first kappa shape index (κ1) is 21.6. The average molecular weight is 446 g/mol. The topological polar surface area (TPSA) is 38.3 Å². The lowest BCUT2D eigenvalue weighted by Gasteiger charge is -2.12. The third-order valence-corrected chi connectivity index (χ3v) is 5.77. The second kappa shape index (κ2) is 11.1. The van der Waals surface area contributed by atoms with Crippen LogP contribution in [-0.2, 0) is 12.4 Å². The van der Waals surface area contributed by atoms with Gasteiger partial charge in [-0.05, 0) is 35.4 Å². The van der Waals surface area contributed by atoms with E-state index < -0.39 is 0 Å². The van der Waals surface area contributed by atoms with Crippen LogP contribution in [0.25, 0.3) is 0 Å². The van der Waals surface area contributed by atoms with E-state index in [1.165, 1.54) is 0 Å². The lowest BCUT2D eigenvalue weighted by Crippen LogP contribution is -2.26. The minimum Gasteiger partial charge on any atom is -0.488 e. The van der Waals surface area contributed by atoms with Gasteiger partial charge < -0.3 is 10.1 Å². The van der Waals surface area contributed by atoms with Crippen molar-refractivity contribution in [1.82, 2.24) is 5.32 Å². The van der Waals surface area contributed by atoms with E-state index in [9.17, 15) is 4.79 Å². The fourth-order valence-electron chi connectivity index (χ4n) is 2.67. The predicted octanol–water partition coefficient (Wildman–Crippen LogP) is 6.24. The molecule has 0 aliphatic carbocycles. The van der Waals surface area contributed by atoms with Crippen molar-refractivity contribution in [2.45, 2.75) is 12.4 Å². The summed E-state index contributed by atoms with van der Waals surface area (Å²) in [6.07, 6.45) is 0. The molecule has 3 rings (SSSR count). The molecule has 3 aromatic carbocycles. The lowest BCUT2D eigenvalue weighted by molar-refractivity contribution is 0.0951. The highest BCUT2D eigenvalue weighted by molar-refractivity contribution is 7.98. The highest BCUT2D eigenvalue weighted by Gasteiger charge is 2.12. The largest absolute Gasteiger partial charge is 0.488 e. The molecule has 0 bridgehead atoms. The number of thioether (sulfide) groups is 1. The number of rotatable bonds is 9. The standard InChI is InChI=1S/C23H21Cl2NO2S/c24-19-11-10-18(21(25)14-19)16-29-13-12-26-23(27)20-8-4-5-9-22(20)28-15-17-6-2-1-3-7-17/h1-11,14H,12-13,15-16H2,(H,26,27). The summed E-state index contributed by atoms with van der Waals surface area (Å²) >= 11 is 13.8. The van der Waals surface area contributed by atoms with Gasteiger partial charge >= 0.3 is 0 Å². The minimum absolute atomic E-state index is 0.140. The van der Waals surface area contributed by atoms with Gasteiger partial charge in [0.1, 0.15) is 12.4 Å². The fourth-order valence-corrected chi connectivity index (χ4v) is 4.09. The normalized spacial score (nSPS) is 10.6. The van der Waals surface area contributed by atoms with Crippen LogP contribution in [-0.4, -0.2) is 18.2 Å². The Morgan fingerprint density at radius 2 is 1.72 bits per heavy atom. The minimum atomic E-state index is -0.140. The van der Waals surface area contributed by atoms with Crippen LogP contribution in [0.2, 0.25) is 10.0 Å². The summed E-state index contributed by atoms with van der Waals surface area (Å²) in [5, 5.41) is 4.25. The predicted molar refractivity (Wildman–Crippen MR) is 122 cm³/mol. The highest BCUT2D eigenvalue weighted by atomic mass is 35.5. The molecule has 0 aromatic heterocycles. The highest BCUT2D eigenvalue weighted by Crippen LogP contribution is 2.24. The first-order valence-corrected chi connectivity index (χ1v) is 11.1. The van der Waals surface area contributed by atoms with Crippen LogP contribution in [0.1, 0.15) is 21.5 Å². The van der Waals surface area contributed by atoms with E-state index in [-0.39, 0.29) is 5.91 Å². The Balaban J connectivity index is 1.46. The van der Waals surface area contributed by atoms with Crippen molar-refractivity contribution in [3.63, 3.8) is 0 Å². The van der Waals surface area contributed by atoms with E-state index in [1.807, 2.05) is 60.7 Å². The third kappa shape index (κ3) is 6.70. The van der Waals surface area contributed by atoms with E-state index in [0.29, 0.717) is 34.5 Å². The first-order valence-electron chi connectivity index (χ1n) is 9.19. The molecule has 0 radical (unpaired) electrons. The van der Waals surface area contributed by atoms with Crippen LogP contribution in [0.5, 0.6) is 5.75 Å². The van der Waals surface area contributed by atoms with Gasteiger partial charge in [0.15, 0.2) is 0 Å². The molecule has 0 heterocycles. The number of carbonyl (C=O) groups is 1. The zero-order valence-corrected chi connectivity index (χ0v) is 18.1. The van der Waals surface area contributed by atoms with Crippen LogP contribution in [0.3, 0.4) is 0 Å². The summed E-state index contributed by atoms with van der Waals surface area (Å²) in [6.45, 7) is 0.977. The molecule has 0 saturated heterocycles. The Morgan fingerprint density at radius 3 is 2.52 bits per heavy atom. The van der Waals surface area contributed by atoms with Gasteiger partial charge in [-0.3, -0.25) is 4.79 Å². The Hall–Kier alpha value is -2.14. The van der Waals surface area contributed by atoms with Crippen molar-refractivity contribution >= 4 is 40.9 Å². The maximum atomic E-state index is 12.6. The molecule has 6 heteroatoms. The zero-order chi connectivity index (χ0) is 20.5. The van der Waals surface area contributed by atoms with Gasteiger partial charge in [0.2, 0.25) is 0 Å². The second-order valence-corrected chi connectivity index (χ2v) is 8.26. The summed E-state index contributed by atoms with van der Waals surface area (Å²) in [6, 6.07) is 22.7. The molecule has 29 heavy (non-hydrogen) atoms. The van der Waals surface area contributed by atoms with Gasteiger partial charge in [-0.1, -0.05) is 71.7 Å². The van der Waals surface area contributed by atoms with Crippen LogP contribution >= 0.6 is 35.0 Å². The first-order chi connectivity index (χ1) is 14.1. The van der Waals surface area contributed by atoms with E-state index in [1.54, 1.807) is 23.9 Å². The summed E-state index contributed by atoms with van der Waals surface area (Å²) < 4.78 is 5.86. The van der Waals surface area contributed by atoms with E-state index in [4.69, 9.17) is 27.9 Å². The molecule has 0 saturated carbocycles. The molecule has 3 aromatic rings. The molecular weight excluding hydrogens is 425 g/mol. The van der Waals surface area contributed by atoms with Gasteiger partial charge in [-0.2, -0.15) is 11.8 Å². The quantitative estimate of drug-likeness (QED) is 0.396. The zero-order valence-electron chi connectivity index (χ0n) is 15.7. The number of carbonyl (C=O) groups excluding carboxylic acids is 1. The van der Waals surface area contributed by atoms with Crippen LogP contribution < -0.4 is 10.1 Å². The van der Waals surface area contributed by atoms with E-state index >= 15 is 0 Å². The van der Waals surface area contributed by atoms with Crippen molar-refractivity contribution in [1.29, 1.82) is 0 Å². The Morgan fingerprint density at radius 1 is 0.966 bits per heavy atom. The maximum Gasteiger partial charge on any atom is 0.255 e. The molecule has 0 atom stereocenters. The van der Waals surface area contributed by atoms with Crippen LogP contribution in [0.15, 0.2) is 72.8 Å². The summed E-state index contributed by atoms with van der Waals surface area (Å²) in [4.78, 5) is 12.6. The summed E-state index contributed by atoms with van der Waals surface area (Å²) in [5.41, 5.74) is 2.63. The number of hydrogen-bond acceptors (Lipinski definition) is 3. The number of nitrogens with one attached hydrogen (secondary N) is 1. The van der Waals surface area contributed by atoms with E-state index in [0.717, 1.165) is 22.6 Å². The molecule has 0 aliphatic rings. The molecular formula is C23H21Cl2NO2S. The lowest BCUT2D eigenvalue weighted by atomic mass is 10.2. The van der Waals surface area contributed by atoms with E-state index in [2.05, 4.69) is 5.32 Å². The van der Waals surface area contributed by atoms with Crippen LogP contribution in [0.4, 0.5) is 0 Å². The number of ether oxygens (including phenoxy) is 1. The van der Waals surface area contributed by atoms with Crippen molar-refractivity contribution in [2.24, 2.45) is 0 Å². The SMILES string of the molecule is O=C(NCCSCc1ccc(Cl)cc1Cl)c1ccccc1OCc1ccccc1. The number of para-hydroxylation sites is 1. The second-order valence-electron chi connectivity index (χ2n) is 6.31. The third-order valence-electron chi connectivity index (χ3n) is 4.17. The van der Waals surface area contributed by atoms with Gasteiger partial charge in [0, 0.05) is 28.1 Å². The molecule has 1 amide bonds. The molecule has 0 fully saturated rings. The number of halogens is 2. The van der Waals surface area contributed by atoms with Crippen molar-refractivity contribution < 1.29 is 9.53 Å². The van der Waals surface area contributed by atoms with Gasteiger partial charge in [-0.15, -0.1) is 0 Å². The molecule has 0 unspecified atom stereocenters. The summed E-state index contributed by atoms with van der Waals surface area (Å²) in [7, 11) is 0.